The molecule has 0 N–H and O–H groups in total. The maximum atomic E-state index is 5.00. The van der Waals surface area contributed by atoms with Crippen LogP contribution in [0.4, 0.5) is 0 Å². The van der Waals surface area contributed by atoms with Crippen LogP contribution in [-0.4, -0.2) is 6.61 Å². The molecule has 0 spiro atoms. The van der Waals surface area contributed by atoms with E-state index in [0.29, 0.717) is 6.61 Å². The van der Waals surface area contributed by atoms with Crippen LogP contribution in [0.25, 0.3) is 0 Å². The molecule has 0 saturated heterocycles. The molecule has 0 aromatic heterocycles. The predicted octanol–water partition coefficient (Wildman–Crippen LogP) is 3.28. The molecule has 0 atom stereocenters. The Balaban J connectivity index is 2.10. The molecule has 0 bridgehead atoms. The van der Waals surface area contributed by atoms with Gasteiger partial charge in [-0.15, -0.1) is 0 Å². The van der Waals surface area contributed by atoms with Crippen molar-refractivity contribution in [2.24, 2.45) is 5.92 Å². The van der Waals surface area contributed by atoms with Gasteiger partial charge in [0, 0.05) is 0 Å². The maximum Gasteiger partial charge on any atom is 0.105 e. The van der Waals surface area contributed by atoms with Gasteiger partial charge < -0.3 is 4.74 Å². The number of hydrogen-bond donors (Lipinski definition) is 0. The van der Waals surface area contributed by atoms with Crippen LogP contribution in [0.3, 0.4) is 0 Å². The second-order valence-electron chi connectivity index (χ2n) is 3.33. The van der Waals surface area contributed by atoms with Gasteiger partial charge in [0.25, 0.3) is 0 Å². The van der Waals surface area contributed by atoms with Crippen molar-refractivity contribution in [3.63, 3.8) is 0 Å². The molecule has 1 saturated carbocycles. The Morgan fingerprint density at radius 3 is 2.67 bits per heavy atom. The van der Waals surface area contributed by atoms with Crippen molar-refractivity contribution in [1.82, 2.24) is 0 Å². The summed E-state index contributed by atoms with van der Waals surface area (Å²) in [6, 6.07) is 0. The van der Waals surface area contributed by atoms with Crippen LogP contribution in [0, 0.1) is 5.92 Å². The fraction of sp³-hybridized carbons (Fsp3) is 0.636. The average molecular weight is 166 g/mol. The van der Waals surface area contributed by atoms with E-state index in [1.807, 2.05) is 0 Å². The Hall–Kier alpha value is -0.720. The lowest BCUT2D eigenvalue weighted by Crippen LogP contribution is -2.02. The molecule has 0 radical (unpaired) electrons. The van der Waals surface area contributed by atoms with Crippen LogP contribution in [0.1, 0.15) is 32.1 Å². The second-order valence-corrected chi connectivity index (χ2v) is 3.33. The molecule has 1 heteroatoms. The quantitative estimate of drug-likeness (QED) is 0.354. The summed E-state index contributed by atoms with van der Waals surface area (Å²) in [6.07, 6.45) is 12.9. The van der Waals surface area contributed by atoms with E-state index in [1.165, 1.54) is 38.4 Å². The van der Waals surface area contributed by atoms with Gasteiger partial charge in [-0.2, -0.15) is 0 Å². The topological polar surface area (TPSA) is 9.23 Å². The van der Waals surface area contributed by atoms with Gasteiger partial charge in [0.15, 0.2) is 0 Å². The standard InChI is InChI=1S/C11H18O/c1-2-12-10-6-9-11-7-4-3-5-8-11/h2,6,9,11H,1,3-5,7-8,10H2. The van der Waals surface area contributed by atoms with Crippen molar-refractivity contribution in [3.05, 3.63) is 25.0 Å². The minimum absolute atomic E-state index is 0.681. The van der Waals surface area contributed by atoms with E-state index in [9.17, 15) is 0 Å². The average Bonchev–Trinajstić information content (AvgIpc) is 2.14. The molecule has 0 heterocycles. The van der Waals surface area contributed by atoms with Crippen molar-refractivity contribution >= 4 is 0 Å². The number of rotatable bonds is 4. The molecular formula is C11H18O. The van der Waals surface area contributed by atoms with E-state index in [0.717, 1.165) is 5.92 Å². The molecule has 1 rings (SSSR count). The number of hydrogen-bond acceptors (Lipinski definition) is 1. The molecular weight excluding hydrogens is 148 g/mol. The maximum absolute atomic E-state index is 5.00. The summed E-state index contributed by atoms with van der Waals surface area (Å²) in [6.45, 7) is 4.17. The SMILES string of the molecule is C=COCC=CC1CCCCC1. The van der Waals surface area contributed by atoms with Gasteiger partial charge in [0.1, 0.15) is 6.61 Å². The first-order chi connectivity index (χ1) is 5.93. The molecule has 68 valence electrons. The Labute approximate surface area is 75.1 Å². The fourth-order valence-electron chi connectivity index (χ4n) is 1.70. The first-order valence-corrected chi connectivity index (χ1v) is 4.82. The van der Waals surface area contributed by atoms with Crippen LogP contribution in [0.15, 0.2) is 25.0 Å². The summed E-state index contributed by atoms with van der Waals surface area (Å²) in [5.41, 5.74) is 0. The number of ether oxygens (including phenoxy) is 1. The van der Waals surface area contributed by atoms with E-state index in [-0.39, 0.29) is 0 Å². The smallest absolute Gasteiger partial charge is 0.105 e. The van der Waals surface area contributed by atoms with Crippen molar-refractivity contribution < 1.29 is 4.74 Å². The van der Waals surface area contributed by atoms with Crippen LogP contribution in [0.5, 0.6) is 0 Å². The summed E-state index contributed by atoms with van der Waals surface area (Å²) < 4.78 is 5.00. The molecule has 1 nitrogen and oxygen atoms in total. The van der Waals surface area contributed by atoms with E-state index < -0.39 is 0 Å². The summed E-state index contributed by atoms with van der Waals surface area (Å²) in [5.74, 6) is 0.812. The van der Waals surface area contributed by atoms with Gasteiger partial charge in [-0.25, -0.2) is 0 Å². The molecule has 1 aliphatic rings. The molecule has 0 aliphatic heterocycles. The summed E-state index contributed by atoms with van der Waals surface area (Å²) in [7, 11) is 0. The largest absolute Gasteiger partial charge is 0.498 e. The monoisotopic (exact) mass is 166 g/mol. The van der Waals surface area contributed by atoms with Crippen molar-refractivity contribution in [2.75, 3.05) is 6.61 Å². The lowest BCUT2D eigenvalue weighted by Gasteiger charge is -2.17. The highest BCUT2D eigenvalue weighted by Crippen LogP contribution is 2.24. The first-order valence-electron chi connectivity index (χ1n) is 4.82. The summed E-state index contributed by atoms with van der Waals surface area (Å²) in [4.78, 5) is 0. The lowest BCUT2D eigenvalue weighted by molar-refractivity contribution is 0.289. The van der Waals surface area contributed by atoms with E-state index in [2.05, 4.69) is 18.7 Å². The molecule has 0 aromatic rings. The minimum atomic E-state index is 0.681. The van der Waals surface area contributed by atoms with Gasteiger partial charge in [-0.3, -0.25) is 0 Å². The highest BCUT2D eigenvalue weighted by molar-refractivity contribution is 4.90. The minimum Gasteiger partial charge on any atom is -0.498 e. The zero-order chi connectivity index (χ0) is 8.65. The van der Waals surface area contributed by atoms with Crippen LogP contribution < -0.4 is 0 Å². The van der Waals surface area contributed by atoms with E-state index in [4.69, 9.17) is 4.74 Å². The van der Waals surface area contributed by atoms with Crippen molar-refractivity contribution in [1.29, 1.82) is 0 Å². The fourth-order valence-corrected chi connectivity index (χ4v) is 1.70. The Bertz CT molecular complexity index is 143. The third-order valence-corrected chi connectivity index (χ3v) is 2.37. The van der Waals surface area contributed by atoms with Crippen LogP contribution in [0.2, 0.25) is 0 Å². The Morgan fingerprint density at radius 2 is 2.00 bits per heavy atom. The molecule has 1 aliphatic carbocycles. The second kappa shape index (κ2) is 5.87. The van der Waals surface area contributed by atoms with Crippen LogP contribution in [-0.2, 0) is 4.74 Å². The van der Waals surface area contributed by atoms with Crippen LogP contribution >= 0.6 is 0 Å². The normalized spacial score (nSPS) is 19.7. The Morgan fingerprint density at radius 1 is 1.25 bits per heavy atom. The van der Waals surface area contributed by atoms with E-state index >= 15 is 0 Å². The molecule has 12 heavy (non-hydrogen) atoms. The van der Waals surface area contributed by atoms with Gasteiger partial charge >= 0.3 is 0 Å². The number of allylic oxidation sites excluding steroid dienone is 1. The van der Waals surface area contributed by atoms with Gasteiger partial charge in [-0.05, 0) is 18.8 Å². The van der Waals surface area contributed by atoms with Gasteiger partial charge in [-0.1, -0.05) is 38.0 Å². The highest BCUT2D eigenvalue weighted by atomic mass is 16.5. The Kier molecular flexibility index (Phi) is 4.58. The summed E-state index contributed by atoms with van der Waals surface area (Å²) in [5, 5.41) is 0. The first kappa shape index (κ1) is 9.37. The molecule has 0 aromatic carbocycles. The highest BCUT2D eigenvalue weighted by Gasteiger charge is 2.08. The van der Waals surface area contributed by atoms with Gasteiger partial charge in [0.05, 0.1) is 6.26 Å². The summed E-state index contributed by atoms with van der Waals surface area (Å²) >= 11 is 0. The zero-order valence-corrected chi connectivity index (χ0v) is 7.67. The van der Waals surface area contributed by atoms with E-state index in [1.54, 1.807) is 0 Å². The zero-order valence-electron chi connectivity index (χ0n) is 7.67. The molecule has 1 fully saturated rings. The molecule has 0 unspecified atom stereocenters. The lowest BCUT2D eigenvalue weighted by atomic mass is 9.89. The molecule has 0 amide bonds. The third kappa shape index (κ3) is 3.61. The third-order valence-electron chi connectivity index (χ3n) is 2.37. The van der Waals surface area contributed by atoms with Crippen molar-refractivity contribution in [2.45, 2.75) is 32.1 Å². The van der Waals surface area contributed by atoms with Crippen molar-refractivity contribution in [3.8, 4) is 0 Å². The predicted molar refractivity (Wildman–Crippen MR) is 51.9 cm³/mol. The van der Waals surface area contributed by atoms with Gasteiger partial charge in [0.2, 0.25) is 0 Å².